The fourth-order valence-electron chi connectivity index (χ4n) is 2.67. The van der Waals surface area contributed by atoms with E-state index in [0.29, 0.717) is 32.0 Å². The van der Waals surface area contributed by atoms with Crippen molar-refractivity contribution in [3.63, 3.8) is 0 Å². The highest BCUT2D eigenvalue weighted by Crippen LogP contribution is 2.29. The number of benzene rings is 2. The molecular weight excluding hydrogens is 333 g/mol. The number of hydrogen-bond acceptors (Lipinski definition) is 3. The summed E-state index contributed by atoms with van der Waals surface area (Å²) in [5.74, 6) is -3.68. The van der Waals surface area contributed by atoms with Crippen LogP contribution in [0.4, 0.5) is 13.2 Å². The zero-order valence-electron chi connectivity index (χ0n) is 13.8. The van der Waals surface area contributed by atoms with E-state index in [1.54, 1.807) is 24.3 Å². The summed E-state index contributed by atoms with van der Waals surface area (Å²) in [4.78, 5) is 0. The van der Waals surface area contributed by atoms with Crippen LogP contribution in [0.3, 0.4) is 0 Å². The summed E-state index contributed by atoms with van der Waals surface area (Å²) < 4.78 is 56.5. The fraction of sp³-hybridized carbons (Fsp3) is 0.368. The Kier molecular flexibility index (Phi) is 5.73. The third kappa shape index (κ3) is 4.21. The number of halogens is 3. The van der Waals surface area contributed by atoms with Gasteiger partial charge in [0.15, 0.2) is 23.7 Å². The number of rotatable bonds is 5. The van der Waals surface area contributed by atoms with Crippen LogP contribution in [0.15, 0.2) is 36.4 Å². The van der Waals surface area contributed by atoms with Gasteiger partial charge in [0.05, 0.1) is 19.8 Å². The molecule has 3 rings (SSSR count). The molecule has 3 nitrogen and oxygen atoms in total. The molecule has 1 aliphatic heterocycles. The van der Waals surface area contributed by atoms with Gasteiger partial charge in [0.2, 0.25) is 0 Å². The second-order valence-electron chi connectivity index (χ2n) is 5.90. The molecule has 0 spiro atoms. The Hall–Kier alpha value is -1.89. The molecule has 25 heavy (non-hydrogen) atoms. The van der Waals surface area contributed by atoms with Crippen LogP contribution < -0.4 is 0 Å². The minimum Gasteiger partial charge on any atom is -0.381 e. The smallest absolute Gasteiger partial charge is 0.194 e. The van der Waals surface area contributed by atoms with E-state index in [1.807, 2.05) is 6.92 Å². The van der Waals surface area contributed by atoms with Crippen LogP contribution in [0.1, 0.15) is 18.8 Å². The molecule has 1 heterocycles. The average Bonchev–Trinajstić information content (AvgIpc) is 2.64. The van der Waals surface area contributed by atoms with E-state index in [-0.39, 0.29) is 11.5 Å². The van der Waals surface area contributed by atoms with Gasteiger partial charge < -0.3 is 14.2 Å². The zero-order chi connectivity index (χ0) is 17.8. The molecule has 134 valence electrons. The summed E-state index contributed by atoms with van der Waals surface area (Å²) in [6.07, 6.45) is -0.478. The molecule has 0 unspecified atom stereocenters. The van der Waals surface area contributed by atoms with Crippen LogP contribution in [-0.2, 0) is 14.2 Å². The lowest BCUT2D eigenvalue weighted by atomic mass is 10.0. The monoisotopic (exact) mass is 352 g/mol. The second-order valence-corrected chi connectivity index (χ2v) is 5.90. The van der Waals surface area contributed by atoms with Crippen molar-refractivity contribution < 1.29 is 27.4 Å². The van der Waals surface area contributed by atoms with Gasteiger partial charge in [0, 0.05) is 18.1 Å². The highest BCUT2D eigenvalue weighted by molar-refractivity contribution is 5.64. The van der Waals surface area contributed by atoms with Crippen molar-refractivity contribution in [3.05, 3.63) is 59.4 Å². The maximum atomic E-state index is 13.4. The van der Waals surface area contributed by atoms with Gasteiger partial charge in [-0.2, -0.15) is 0 Å². The quantitative estimate of drug-likeness (QED) is 0.743. The average molecular weight is 352 g/mol. The van der Waals surface area contributed by atoms with Gasteiger partial charge in [-0.3, -0.25) is 0 Å². The van der Waals surface area contributed by atoms with E-state index in [9.17, 15) is 13.2 Å². The molecule has 2 aromatic rings. The fourth-order valence-corrected chi connectivity index (χ4v) is 2.67. The maximum Gasteiger partial charge on any atom is 0.194 e. The number of hydrogen-bond donors (Lipinski definition) is 0. The molecule has 1 saturated heterocycles. The lowest BCUT2D eigenvalue weighted by Crippen LogP contribution is -2.30. The lowest BCUT2D eigenvalue weighted by Gasteiger charge is -2.29. The first kappa shape index (κ1) is 17.9. The molecule has 0 amide bonds. The minimum absolute atomic E-state index is 0.209. The van der Waals surface area contributed by atoms with Gasteiger partial charge in [-0.15, -0.1) is 0 Å². The van der Waals surface area contributed by atoms with E-state index < -0.39 is 23.7 Å². The standard InChI is InChI=1S/C19H19F3O3/c1-2-23-9-12-10-24-19(25-11-12)14-5-3-13(4-6-14)15-7-16(20)18(22)17(21)8-15/h3-8,12,19H,2,9-11H2,1H3. The zero-order valence-corrected chi connectivity index (χ0v) is 13.8. The van der Waals surface area contributed by atoms with E-state index in [1.165, 1.54) is 0 Å². The SMILES string of the molecule is CCOCC1COC(c2ccc(-c3cc(F)c(F)c(F)c3)cc2)OC1. The van der Waals surface area contributed by atoms with Crippen LogP contribution >= 0.6 is 0 Å². The van der Waals surface area contributed by atoms with Crippen molar-refractivity contribution in [1.29, 1.82) is 0 Å². The van der Waals surface area contributed by atoms with Crippen molar-refractivity contribution in [2.24, 2.45) is 5.92 Å². The Balaban J connectivity index is 1.67. The highest BCUT2D eigenvalue weighted by Gasteiger charge is 2.23. The molecule has 0 atom stereocenters. The summed E-state index contributed by atoms with van der Waals surface area (Å²) in [5, 5.41) is 0. The summed E-state index contributed by atoms with van der Waals surface area (Å²) in [6, 6.07) is 8.86. The largest absolute Gasteiger partial charge is 0.381 e. The van der Waals surface area contributed by atoms with E-state index in [4.69, 9.17) is 14.2 Å². The Bertz CT molecular complexity index is 687. The van der Waals surface area contributed by atoms with Crippen molar-refractivity contribution in [2.75, 3.05) is 26.4 Å². The van der Waals surface area contributed by atoms with Gasteiger partial charge in [-0.05, 0) is 30.2 Å². The van der Waals surface area contributed by atoms with Crippen molar-refractivity contribution >= 4 is 0 Å². The lowest BCUT2D eigenvalue weighted by molar-refractivity contribution is -0.211. The first-order chi connectivity index (χ1) is 12.1. The Morgan fingerprint density at radius 1 is 0.960 bits per heavy atom. The Morgan fingerprint density at radius 3 is 2.12 bits per heavy atom. The Morgan fingerprint density at radius 2 is 1.56 bits per heavy atom. The van der Waals surface area contributed by atoms with E-state index in [0.717, 1.165) is 17.7 Å². The summed E-state index contributed by atoms with van der Waals surface area (Å²) in [7, 11) is 0. The van der Waals surface area contributed by atoms with E-state index >= 15 is 0 Å². The predicted molar refractivity (Wildman–Crippen MR) is 86.4 cm³/mol. The molecule has 0 aromatic heterocycles. The first-order valence-corrected chi connectivity index (χ1v) is 8.14. The summed E-state index contributed by atoms with van der Waals surface area (Å²) in [6.45, 7) is 4.28. The van der Waals surface area contributed by atoms with Crippen LogP contribution in [0.5, 0.6) is 0 Å². The molecule has 0 radical (unpaired) electrons. The Labute approximate surface area is 144 Å². The maximum absolute atomic E-state index is 13.4. The number of ether oxygens (including phenoxy) is 3. The second kappa shape index (κ2) is 7.99. The van der Waals surface area contributed by atoms with Crippen LogP contribution in [-0.4, -0.2) is 26.4 Å². The predicted octanol–water partition coefficient (Wildman–Crippen LogP) is 4.47. The third-order valence-electron chi connectivity index (χ3n) is 4.02. The van der Waals surface area contributed by atoms with Crippen molar-refractivity contribution in [1.82, 2.24) is 0 Å². The summed E-state index contributed by atoms with van der Waals surface area (Å²) >= 11 is 0. The van der Waals surface area contributed by atoms with Gasteiger partial charge in [0.25, 0.3) is 0 Å². The molecule has 1 fully saturated rings. The van der Waals surface area contributed by atoms with E-state index in [2.05, 4.69) is 0 Å². The molecule has 0 bridgehead atoms. The molecular formula is C19H19F3O3. The first-order valence-electron chi connectivity index (χ1n) is 8.14. The molecule has 0 saturated carbocycles. The third-order valence-corrected chi connectivity index (χ3v) is 4.02. The molecule has 2 aromatic carbocycles. The molecule has 0 N–H and O–H groups in total. The van der Waals surface area contributed by atoms with Crippen molar-refractivity contribution in [2.45, 2.75) is 13.2 Å². The molecule has 6 heteroatoms. The normalized spacial score (nSPS) is 20.6. The van der Waals surface area contributed by atoms with Gasteiger partial charge in [-0.1, -0.05) is 24.3 Å². The summed E-state index contributed by atoms with van der Waals surface area (Å²) in [5.41, 5.74) is 1.65. The highest BCUT2D eigenvalue weighted by atomic mass is 19.2. The van der Waals surface area contributed by atoms with Crippen LogP contribution in [0, 0.1) is 23.4 Å². The van der Waals surface area contributed by atoms with Gasteiger partial charge in [-0.25, -0.2) is 13.2 Å². The minimum atomic E-state index is -1.47. The van der Waals surface area contributed by atoms with Gasteiger partial charge >= 0.3 is 0 Å². The topological polar surface area (TPSA) is 27.7 Å². The van der Waals surface area contributed by atoms with Gasteiger partial charge in [0.1, 0.15) is 0 Å². The molecule has 1 aliphatic rings. The van der Waals surface area contributed by atoms with Crippen LogP contribution in [0.25, 0.3) is 11.1 Å². The molecule has 0 aliphatic carbocycles. The van der Waals surface area contributed by atoms with Crippen LogP contribution in [0.2, 0.25) is 0 Å². The van der Waals surface area contributed by atoms with Crippen molar-refractivity contribution in [3.8, 4) is 11.1 Å².